The fourth-order valence-corrected chi connectivity index (χ4v) is 5.39. The minimum absolute atomic E-state index is 0.0630. The van der Waals surface area contributed by atoms with Crippen LogP contribution in [-0.4, -0.2) is 84.2 Å². The Labute approximate surface area is 241 Å². The first-order valence-electron chi connectivity index (χ1n) is 12.5. The van der Waals surface area contributed by atoms with E-state index in [0.29, 0.717) is 38.4 Å². The second kappa shape index (κ2) is 14.5. The number of methoxy groups -OCH3 is 2. The molecule has 0 saturated carbocycles. The molecule has 4 N–H and O–H groups in total. The highest BCUT2D eigenvalue weighted by molar-refractivity contribution is 14.1. The van der Waals surface area contributed by atoms with Gasteiger partial charge in [0.2, 0.25) is 11.8 Å². The summed E-state index contributed by atoms with van der Waals surface area (Å²) in [5.74, 6) is 0.724. The molecule has 2 amide bonds. The van der Waals surface area contributed by atoms with Crippen LogP contribution in [0.25, 0.3) is 0 Å². The van der Waals surface area contributed by atoms with Crippen LogP contribution in [0.4, 0.5) is 0 Å². The van der Waals surface area contributed by atoms with E-state index in [1.165, 1.54) is 14.0 Å². The van der Waals surface area contributed by atoms with Crippen LogP contribution in [0.3, 0.4) is 0 Å². The number of nitrogens with zero attached hydrogens (tertiary/aromatic N) is 1. The summed E-state index contributed by atoms with van der Waals surface area (Å²) in [6.07, 6.45) is -0.0423. The third-order valence-corrected chi connectivity index (χ3v) is 7.36. The monoisotopic (exact) mass is 654 g/mol. The van der Waals surface area contributed by atoms with E-state index in [4.69, 9.17) is 14.2 Å². The van der Waals surface area contributed by atoms with Gasteiger partial charge in [-0.2, -0.15) is 0 Å². The van der Waals surface area contributed by atoms with Crippen molar-refractivity contribution in [1.82, 2.24) is 10.2 Å². The van der Waals surface area contributed by atoms with Gasteiger partial charge in [-0.25, -0.2) is 0 Å². The Hall–Kier alpha value is -2.87. The van der Waals surface area contributed by atoms with Crippen molar-refractivity contribution in [2.24, 2.45) is 0 Å². The zero-order valence-electron chi connectivity index (χ0n) is 22.2. The number of carbonyl (C=O) groups excluding carboxylic acids is 2. The molecule has 2 aromatic rings. The van der Waals surface area contributed by atoms with Gasteiger partial charge in [-0.3, -0.25) is 9.59 Å². The van der Waals surface area contributed by atoms with Gasteiger partial charge in [0.05, 0.1) is 37.0 Å². The molecule has 0 aromatic heterocycles. The predicted molar refractivity (Wildman–Crippen MR) is 153 cm³/mol. The first-order valence-corrected chi connectivity index (χ1v) is 13.6. The molecule has 0 unspecified atom stereocenters. The number of carbonyl (C=O) groups is 2. The van der Waals surface area contributed by atoms with E-state index in [0.717, 1.165) is 5.56 Å². The second-order valence-corrected chi connectivity index (χ2v) is 10.2. The Morgan fingerprint density at radius 2 is 1.85 bits per heavy atom. The van der Waals surface area contributed by atoms with Crippen molar-refractivity contribution in [3.05, 3.63) is 62.7 Å². The average Bonchev–Trinajstić information content (AvgIpc) is 2.94. The minimum atomic E-state index is -1.17. The molecule has 10 nitrogen and oxygen atoms in total. The van der Waals surface area contributed by atoms with E-state index in [2.05, 4.69) is 27.9 Å². The minimum Gasteiger partial charge on any atom is -0.496 e. The maximum absolute atomic E-state index is 12.9. The van der Waals surface area contributed by atoms with Crippen LogP contribution in [0.2, 0.25) is 0 Å². The topological polar surface area (TPSA) is 138 Å². The van der Waals surface area contributed by atoms with Gasteiger partial charge < -0.3 is 39.7 Å². The van der Waals surface area contributed by atoms with Gasteiger partial charge in [-0.15, -0.1) is 0 Å². The lowest BCUT2D eigenvalue weighted by Crippen LogP contribution is -2.55. The number of amides is 2. The number of nitrogens with one attached hydrogen (secondary N) is 1. The highest BCUT2D eigenvalue weighted by Crippen LogP contribution is 2.37. The summed E-state index contributed by atoms with van der Waals surface area (Å²) >= 11 is 2.05. The lowest BCUT2D eigenvalue weighted by atomic mass is 9.88. The lowest BCUT2D eigenvalue weighted by molar-refractivity contribution is -0.136. The Kier molecular flexibility index (Phi) is 11.4. The van der Waals surface area contributed by atoms with Crippen LogP contribution in [0.5, 0.6) is 17.2 Å². The Bertz CT molecular complexity index is 1190. The molecule has 0 heterocycles. The molecular formula is C28H35IN2O8. The zero-order chi connectivity index (χ0) is 28.5. The molecule has 3 rings (SSSR count). The Balaban J connectivity index is 1.95. The summed E-state index contributed by atoms with van der Waals surface area (Å²) in [4.78, 5) is 27.3. The van der Waals surface area contributed by atoms with E-state index >= 15 is 0 Å². The fraction of sp³-hybridized carbons (Fsp3) is 0.429. The molecule has 0 saturated heterocycles. The van der Waals surface area contributed by atoms with E-state index < -0.39 is 24.2 Å². The molecule has 0 spiro atoms. The second-order valence-electron chi connectivity index (χ2n) is 9.06. The standard InChI is InChI=1S/C28H35IN2O8/c1-17(34)31(10-8-19-6-4-5-7-23(19)37-2)22-14-20(28(36)30-9-11-32)15-24(26(22)35)39-27-21(29)12-18(16-33)13-25(27)38-3/h4-7,12-13,15,22,24,26,32-33,35H,8-11,14,16H2,1-3H3,(H,30,36)/t22-,24+,26+/m1/s1. The summed E-state index contributed by atoms with van der Waals surface area (Å²) in [6.45, 7) is 1.36. The van der Waals surface area contributed by atoms with Gasteiger partial charge in [0, 0.05) is 32.0 Å². The van der Waals surface area contributed by atoms with Gasteiger partial charge in [0.1, 0.15) is 18.0 Å². The number of benzene rings is 2. The quantitative estimate of drug-likeness (QED) is 0.255. The van der Waals surface area contributed by atoms with Crippen molar-refractivity contribution in [3.8, 4) is 17.2 Å². The van der Waals surface area contributed by atoms with E-state index in [1.807, 2.05) is 24.3 Å². The average molecular weight is 654 g/mol. The SMILES string of the molecule is COc1ccccc1CCN(C(C)=O)[C@@H]1CC(C(=O)NCCO)=C[C@H](Oc2c(I)cc(CO)cc2OC)[C@H]1O. The predicted octanol–water partition coefficient (Wildman–Crippen LogP) is 1.81. The molecule has 0 aliphatic heterocycles. The smallest absolute Gasteiger partial charge is 0.247 e. The molecule has 1 aliphatic rings. The van der Waals surface area contributed by atoms with Crippen LogP contribution in [0.15, 0.2) is 48.0 Å². The van der Waals surface area contributed by atoms with Crippen LogP contribution >= 0.6 is 22.6 Å². The molecule has 0 bridgehead atoms. The van der Waals surface area contributed by atoms with Gasteiger partial charge >= 0.3 is 0 Å². The van der Waals surface area contributed by atoms with Gasteiger partial charge in [0.25, 0.3) is 0 Å². The van der Waals surface area contributed by atoms with Gasteiger partial charge in [-0.05, 0) is 64.4 Å². The number of aliphatic hydroxyl groups excluding tert-OH is 3. The third-order valence-electron chi connectivity index (χ3n) is 6.56. The Morgan fingerprint density at radius 3 is 2.49 bits per heavy atom. The van der Waals surface area contributed by atoms with Crippen molar-refractivity contribution < 1.29 is 39.1 Å². The molecule has 1 aliphatic carbocycles. The van der Waals surface area contributed by atoms with E-state index in [1.54, 1.807) is 30.2 Å². The number of rotatable bonds is 12. The number of hydrogen-bond acceptors (Lipinski definition) is 8. The summed E-state index contributed by atoms with van der Waals surface area (Å²) in [6, 6.07) is 10.1. The number of ether oxygens (including phenoxy) is 3. The van der Waals surface area contributed by atoms with Crippen molar-refractivity contribution >= 4 is 34.4 Å². The molecule has 0 radical (unpaired) electrons. The van der Waals surface area contributed by atoms with Crippen LogP contribution in [0, 0.1) is 3.57 Å². The summed E-state index contributed by atoms with van der Waals surface area (Å²) in [5.41, 5.74) is 1.86. The molecule has 0 fully saturated rings. The van der Waals surface area contributed by atoms with Crippen LogP contribution < -0.4 is 19.5 Å². The highest BCUT2D eigenvalue weighted by atomic mass is 127. The first-order chi connectivity index (χ1) is 18.7. The largest absolute Gasteiger partial charge is 0.496 e. The number of para-hydroxylation sites is 1. The molecular weight excluding hydrogens is 619 g/mol. The summed E-state index contributed by atoms with van der Waals surface area (Å²) in [5, 5.41) is 32.9. The number of halogens is 1. The normalized spacial score (nSPS) is 18.6. The van der Waals surface area contributed by atoms with Crippen LogP contribution in [-0.2, 0) is 22.6 Å². The van der Waals surface area contributed by atoms with Crippen molar-refractivity contribution in [2.45, 2.75) is 44.6 Å². The number of aliphatic hydroxyl groups is 3. The van der Waals surface area contributed by atoms with Crippen molar-refractivity contribution in [2.75, 3.05) is 33.9 Å². The summed E-state index contributed by atoms with van der Waals surface area (Å²) < 4.78 is 17.8. The van der Waals surface area contributed by atoms with Gasteiger partial charge in [-0.1, -0.05) is 18.2 Å². The molecule has 212 valence electrons. The number of hydrogen-bond donors (Lipinski definition) is 4. The fourth-order valence-electron chi connectivity index (χ4n) is 4.60. The van der Waals surface area contributed by atoms with E-state index in [9.17, 15) is 24.9 Å². The maximum atomic E-state index is 12.9. The summed E-state index contributed by atoms with van der Waals surface area (Å²) in [7, 11) is 3.05. The molecule has 2 aromatic carbocycles. The van der Waals surface area contributed by atoms with Crippen molar-refractivity contribution in [1.29, 1.82) is 0 Å². The van der Waals surface area contributed by atoms with Crippen molar-refractivity contribution in [3.63, 3.8) is 0 Å². The van der Waals surface area contributed by atoms with E-state index in [-0.39, 0.29) is 38.6 Å². The molecule has 3 atom stereocenters. The first kappa shape index (κ1) is 30.7. The zero-order valence-corrected chi connectivity index (χ0v) is 24.4. The molecule has 11 heteroatoms. The lowest BCUT2D eigenvalue weighted by Gasteiger charge is -2.40. The van der Waals surface area contributed by atoms with Gasteiger partial charge in [0.15, 0.2) is 11.5 Å². The molecule has 39 heavy (non-hydrogen) atoms. The Morgan fingerprint density at radius 1 is 1.13 bits per heavy atom. The van der Waals surface area contributed by atoms with Crippen LogP contribution in [0.1, 0.15) is 24.5 Å². The highest BCUT2D eigenvalue weighted by Gasteiger charge is 2.40. The third kappa shape index (κ3) is 7.62. The maximum Gasteiger partial charge on any atom is 0.247 e.